The van der Waals surface area contributed by atoms with Crippen LogP contribution in [0.3, 0.4) is 0 Å². The van der Waals surface area contributed by atoms with Gasteiger partial charge in [-0.1, -0.05) is 13.3 Å². The molecule has 1 rings (SSSR count). The van der Waals surface area contributed by atoms with Crippen molar-refractivity contribution in [2.24, 2.45) is 0 Å². The summed E-state index contributed by atoms with van der Waals surface area (Å²) in [6.45, 7) is 2.30. The van der Waals surface area contributed by atoms with Gasteiger partial charge in [0.2, 0.25) is 0 Å². The molecule has 1 aliphatic heterocycles. The van der Waals surface area contributed by atoms with Crippen molar-refractivity contribution in [3.05, 3.63) is 11.8 Å². The largest absolute Gasteiger partial charge is 0.493 e. The van der Waals surface area contributed by atoms with Crippen LogP contribution in [-0.4, -0.2) is 17.8 Å². The van der Waals surface area contributed by atoms with Crippen molar-refractivity contribution >= 4 is 0 Å². The summed E-state index contributed by atoms with van der Waals surface area (Å²) >= 11 is 0. The molecule has 1 fully saturated rings. The van der Waals surface area contributed by atoms with E-state index < -0.39 is 0 Å². The quantitative estimate of drug-likeness (QED) is 0.675. The van der Waals surface area contributed by atoms with E-state index in [1.54, 1.807) is 0 Å². The summed E-state index contributed by atoms with van der Waals surface area (Å²) < 4.78 is 5.42. The van der Waals surface area contributed by atoms with Crippen LogP contribution in [0.1, 0.15) is 32.6 Å². The fourth-order valence-electron chi connectivity index (χ4n) is 1.22. The third-order valence-corrected chi connectivity index (χ3v) is 1.90. The summed E-state index contributed by atoms with van der Waals surface area (Å²) in [5.74, 6) is 1.07. The van der Waals surface area contributed by atoms with Crippen LogP contribution < -0.4 is 0 Å². The lowest BCUT2D eigenvalue weighted by molar-refractivity contribution is 0.0910. The highest BCUT2D eigenvalue weighted by Crippen LogP contribution is 2.22. The van der Waals surface area contributed by atoms with E-state index >= 15 is 0 Å². The summed E-state index contributed by atoms with van der Waals surface area (Å²) in [5, 5.41) is 8.76. The Bertz CT molecular complexity index is 140. The maximum atomic E-state index is 8.76. The molecule has 1 unspecified atom stereocenters. The molecule has 0 aromatic heterocycles. The molecular formula is C9H16O2. The second kappa shape index (κ2) is 4.39. The molecule has 0 radical (unpaired) electrons. The Morgan fingerprint density at radius 1 is 1.73 bits per heavy atom. The second-order valence-electron chi connectivity index (χ2n) is 2.92. The molecule has 1 saturated heterocycles. The van der Waals surface area contributed by atoms with E-state index in [1.807, 2.05) is 0 Å². The lowest BCUT2D eigenvalue weighted by atomic mass is 10.2. The predicted octanol–water partition coefficient (Wildman–Crippen LogP) is 1.84. The van der Waals surface area contributed by atoms with E-state index in [4.69, 9.17) is 9.84 Å². The van der Waals surface area contributed by atoms with Gasteiger partial charge in [0.25, 0.3) is 0 Å². The summed E-state index contributed by atoms with van der Waals surface area (Å²) in [6.07, 6.45) is 6.44. The average molecular weight is 156 g/mol. The number of aliphatic hydroxyl groups excluding tert-OH is 1. The fourth-order valence-corrected chi connectivity index (χ4v) is 1.22. The number of rotatable bonds is 3. The second-order valence-corrected chi connectivity index (χ2v) is 2.92. The minimum Gasteiger partial charge on any atom is -0.493 e. The number of unbranched alkanes of at least 4 members (excludes halogenated alkanes) is 1. The highest BCUT2D eigenvalue weighted by molar-refractivity contribution is 4.98. The van der Waals surface area contributed by atoms with Crippen molar-refractivity contribution in [1.29, 1.82) is 0 Å². The first kappa shape index (κ1) is 8.60. The molecule has 0 amide bonds. The molecule has 0 aliphatic carbocycles. The van der Waals surface area contributed by atoms with Gasteiger partial charge in [0.05, 0.1) is 12.4 Å². The highest BCUT2D eigenvalue weighted by Gasteiger charge is 2.18. The van der Waals surface area contributed by atoms with E-state index in [-0.39, 0.29) is 12.7 Å². The maximum Gasteiger partial charge on any atom is 0.122 e. The van der Waals surface area contributed by atoms with E-state index in [9.17, 15) is 0 Å². The third kappa shape index (κ3) is 2.54. The number of hydrogen-bond donors (Lipinski definition) is 1. The predicted molar refractivity (Wildman–Crippen MR) is 44.2 cm³/mol. The topological polar surface area (TPSA) is 29.5 Å². The maximum absolute atomic E-state index is 8.76. The van der Waals surface area contributed by atoms with Crippen LogP contribution in [0.25, 0.3) is 0 Å². The smallest absolute Gasteiger partial charge is 0.122 e. The third-order valence-electron chi connectivity index (χ3n) is 1.90. The van der Waals surface area contributed by atoms with Gasteiger partial charge in [-0.05, 0) is 18.9 Å². The van der Waals surface area contributed by atoms with Crippen molar-refractivity contribution in [2.75, 3.05) is 6.61 Å². The van der Waals surface area contributed by atoms with Crippen LogP contribution in [0.4, 0.5) is 0 Å². The number of allylic oxidation sites excluding steroid dienone is 2. The van der Waals surface area contributed by atoms with Gasteiger partial charge >= 0.3 is 0 Å². The lowest BCUT2D eigenvalue weighted by Gasteiger charge is -2.05. The highest BCUT2D eigenvalue weighted by atomic mass is 16.5. The van der Waals surface area contributed by atoms with Gasteiger partial charge in [0, 0.05) is 6.42 Å². The molecule has 0 aromatic rings. The van der Waals surface area contributed by atoms with E-state index in [2.05, 4.69) is 13.0 Å². The zero-order chi connectivity index (χ0) is 8.10. The SMILES string of the molecule is CCCC=C1CCC(CO)O1. The number of ether oxygens (including phenoxy) is 1. The minimum atomic E-state index is 0.0677. The summed E-state index contributed by atoms with van der Waals surface area (Å²) in [6, 6.07) is 0. The van der Waals surface area contributed by atoms with Crippen molar-refractivity contribution in [2.45, 2.75) is 38.7 Å². The first-order chi connectivity index (χ1) is 5.36. The number of aliphatic hydroxyl groups is 1. The van der Waals surface area contributed by atoms with Crippen molar-refractivity contribution in [1.82, 2.24) is 0 Å². The minimum absolute atomic E-state index is 0.0677. The van der Waals surface area contributed by atoms with E-state index in [1.165, 1.54) is 0 Å². The molecule has 0 spiro atoms. The molecular weight excluding hydrogens is 140 g/mol. The van der Waals surface area contributed by atoms with Gasteiger partial charge in [0.15, 0.2) is 0 Å². The van der Waals surface area contributed by atoms with Gasteiger partial charge in [-0.25, -0.2) is 0 Å². The summed E-state index contributed by atoms with van der Waals surface area (Å²) in [4.78, 5) is 0. The molecule has 1 heterocycles. The van der Waals surface area contributed by atoms with Crippen LogP contribution in [0, 0.1) is 0 Å². The Labute approximate surface area is 67.9 Å². The van der Waals surface area contributed by atoms with Crippen LogP contribution in [-0.2, 0) is 4.74 Å². The zero-order valence-electron chi connectivity index (χ0n) is 7.05. The Balaban J connectivity index is 2.28. The molecule has 1 atom stereocenters. The van der Waals surface area contributed by atoms with Crippen LogP contribution >= 0.6 is 0 Å². The molecule has 1 N–H and O–H groups in total. The summed E-state index contributed by atoms with van der Waals surface area (Å²) in [5.41, 5.74) is 0. The molecule has 1 aliphatic rings. The normalized spacial score (nSPS) is 27.5. The van der Waals surface area contributed by atoms with Gasteiger partial charge in [-0.2, -0.15) is 0 Å². The van der Waals surface area contributed by atoms with Crippen LogP contribution in [0.2, 0.25) is 0 Å². The standard InChI is InChI=1S/C9H16O2/c1-2-3-4-8-5-6-9(7-10)11-8/h4,9-10H,2-3,5-7H2,1H3. The Kier molecular flexibility index (Phi) is 3.43. The van der Waals surface area contributed by atoms with Crippen LogP contribution in [0.15, 0.2) is 11.8 Å². The first-order valence-corrected chi connectivity index (χ1v) is 4.33. The average Bonchev–Trinajstić information content (AvgIpc) is 2.48. The Morgan fingerprint density at radius 3 is 3.09 bits per heavy atom. The molecule has 64 valence electrons. The summed E-state index contributed by atoms with van der Waals surface area (Å²) in [7, 11) is 0. The van der Waals surface area contributed by atoms with Gasteiger partial charge < -0.3 is 9.84 Å². The molecule has 0 saturated carbocycles. The lowest BCUT2D eigenvalue weighted by Crippen LogP contribution is -2.08. The molecule has 11 heavy (non-hydrogen) atoms. The molecule has 2 heteroatoms. The van der Waals surface area contributed by atoms with E-state index in [0.29, 0.717) is 0 Å². The van der Waals surface area contributed by atoms with Crippen LogP contribution in [0.5, 0.6) is 0 Å². The van der Waals surface area contributed by atoms with Crippen molar-refractivity contribution in [3.8, 4) is 0 Å². The van der Waals surface area contributed by atoms with Gasteiger partial charge in [-0.15, -0.1) is 0 Å². The molecule has 2 nitrogen and oxygen atoms in total. The number of hydrogen-bond acceptors (Lipinski definition) is 2. The fraction of sp³-hybridized carbons (Fsp3) is 0.778. The Morgan fingerprint density at radius 2 is 2.55 bits per heavy atom. The van der Waals surface area contributed by atoms with Gasteiger partial charge in [0.1, 0.15) is 6.10 Å². The van der Waals surface area contributed by atoms with E-state index in [0.717, 1.165) is 31.4 Å². The van der Waals surface area contributed by atoms with Crippen molar-refractivity contribution in [3.63, 3.8) is 0 Å². The van der Waals surface area contributed by atoms with Gasteiger partial charge in [-0.3, -0.25) is 0 Å². The first-order valence-electron chi connectivity index (χ1n) is 4.33. The zero-order valence-corrected chi connectivity index (χ0v) is 7.05. The Hall–Kier alpha value is -0.500. The monoisotopic (exact) mass is 156 g/mol. The van der Waals surface area contributed by atoms with Crippen molar-refractivity contribution < 1.29 is 9.84 Å². The molecule has 0 aromatic carbocycles. The molecule has 0 bridgehead atoms.